The van der Waals surface area contributed by atoms with Gasteiger partial charge in [0.05, 0.1) is 24.3 Å². The number of nitrogens with one attached hydrogen (secondary N) is 1. The van der Waals surface area contributed by atoms with Crippen molar-refractivity contribution in [3.63, 3.8) is 0 Å². The number of nitrogens with zero attached hydrogens (tertiary/aromatic N) is 1. The van der Waals surface area contributed by atoms with Crippen LogP contribution in [0.5, 0.6) is 0 Å². The Morgan fingerprint density at radius 2 is 1.47 bits per heavy atom. The van der Waals surface area contributed by atoms with Crippen LogP contribution in [-0.2, 0) is 5.54 Å². The van der Waals surface area contributed by atoms with Gasteiger partial charge in [-0.2, -0.15) is 0 Å². The Kier molecular flexibility index (Phi) is 6.95. The van der Waals surface area contributed by atoms with Crippen LogP contribution in [0.1, 0.15) is 36.9 Å². The molecule has 1 unspecified atom stereocenters. The molecule has 0 radical (unpaired) electrons. The molecule has 3 N–H and O–H groups in total. The van der Waals surface area contributed by atoms with Crippen molar-refractivity contribution in [2.75, 3.05) is 13.2 Å². The minimum Gasteiger partial charge on any atom is -0.394 e. The first-order valence-electron chi connectivity index (χ1n) is 11.3. The summed E-state index contributed by atoms with van der Waals surface area (Å²) in [5.41, 5.74) is 2.59. The first-order chi connectivity index (χ1) is 16.3. The highest BCUT2D eigenvalue weighted by molar-refractivity contribution is 5.77. The van der Waals surface area contributed by atoms with Gasteiger partial charge in [-0.3, -0.25) is 0 Å². The zero-order chi connectivity index (χ0) is 24.3. The SMILES string of the molecule is C[C@@H](c1ccc(-c2ccc(F)cc2)cc1)N1CC[C@@](CC(O)CO)(c2ccc(F)cc2)NC1=O. The Labute approximate surface area is 197 Å². The van der Waals surface area contributed by atoms with Crippen LogP contribution in [-0.4, -0.2) is 40.4 Å². The summed E-state index contributed by atoms with van der Waals surface area (Å²) in [4.78, 5) is 14.9. The van der Waals surface area contributed by atoms with Gasteiger partial charge in [-0.15, -0.1) is 0 Å². The first-order valence-corrected chi connectivity index (χ1v) is 11.3. The van der Waals surface area contributed by atoms with E-state index in [4.69, 9.17) is 0 Å². The van der Waals surface area contributed by atoms with Crippen LogP contribution in [0.25, 0.3) is 11.1 Å². The largest absolute Gasteiger partial charge is 0.394 e. The number of hydrogen-bond acceptors (Lipinski definition) is 3. The van der Waals surface area contributed by atoms with E-state index in [1.807, 2.05) is 31.2 Å². The number of aliphatic hydroxyl groups is 2. The molecule has 1 aliphatic rings. The highest BCUT2D eigenvalue weighted by Gasteiger charge is 2.42. The summed E-state index contributed by atoms with van der Waals surface area (Å²) < 4.78 is 26.7. The summed E-state index contributed by atoms with van der Waals surface area (Å²) in [7, 11) is 0. The van der Waals surface area contributed by atoms with Gasteiger partial charge in [0.1, 0.15) is 11.6 Å². The standard InChI is InChI=1S/C27H28F2N2O3/c1-18(19-2-4-20(5-3-19)21-6-10-23(28)11-7-21)31-15-14-27(30-26(31)34,16-25(33)17-32)22-8-12-24(29)13-9-22/h2-13,18,25,32-33H,14-17H2,1H3,(H,30,34)/t18-,25?,27+/m0/s1. The molecule has 5 nitrogen and oxygen atoms in total. The first kappa shape index (κ1) is 23.9. The van der Waals surface area contributed by atoms with Crippen LogP contribution in [0.15, 0.2) is 72.8 Å². The summed E-state index contributed by atoms with van der Waals surface area (Å²) in [5.74, 6) is -0.670. The van der Waals surface area contributed by atoms with E-state index in [1.165, 1.54) is 24.3 Å². The van der Waals surface area contributed by atoms with Crippen LogP contribution in [0, 0.1) is 11.6 Å². The molecule has 2 amide bonds. The van der Waals surface area contributed by atoms with E-state index in [0.29, 0.717) is 18.5 Å². The Hall–Kier alpha value is -3.29. The van der Waals surface area contributed by atoms with E-state index in [2.05, 4.69) is 5.32 Å². The van der Waals surface area contributed by atoms with E-state index >= 15 is 0 Å². The van der Waals surface area contributed by atoms with Gasteiger partial charge in [0, 0.05) is 13.0 Å². The summed E-state index contributed by atoms with van der Waals surface area (Å²) in [6.45, 7) is 1.93. The number of carbonyl (C=O) groups excluding carboxylic acids is 1. The Morgan fingerprint density at radius 1 is 0.941 bits per heavy atom. The number of urea groups is 1. The second-order valence-corrected chi connectivity index (χ2v) is 8.81. The second-order valence-electron chi connectivity index (χ2n) is 8.81. The van der Waals surface area contributed by atoms with E-state index in [1.54, 1.807) is 29.2 Å². The molecule has 1 aliphatic heterocycles. The second kappa shape index (κ2) is 9.91. The zero-order valence-corrected chi connectivity index (χ0v) is 18.9. The normalized spacial score (nSPS) is 20.0. The van der Waals surface area contributed by atoms with Crippen molar-refractivity contribution in [1.29, 1.82) is 0 Å². The van der Waals surface area contributed by atoms with Gasteiger partial charge in [0.25, 0.3) is 0 Å². The number of carbonyl (C=O) groups is 1. The third kappa shape index (κ3) is 4.95. The van der Waals surface area contributed by atoms with Crippen molar-refractivity contribution < 1.29 is 23.8 Å². The van der Waals surface area contributed by atoms with Gasteiger partial charge >= 0.3 is 6.03 Å². The molecule has 4 rings (SSSR count). The van der Waals surface area contributed by atoms with Gasteiger partial charge in [0.15, 0.2) is 0 Å². The fourth-order valence-corrected chi connectivity index (χ4v) is 4.62. The number of hydrogen-bond donors (Lipinski definition) is 3. The molecule has 0 aliphatic carbocycles. The monoisotopic (exact) mass is 466 g/mol. The maximum Gasteiger partial charge on any atom is 0.318 e. The summed E-state index contributed by atoms with van der Waals surface area (Å²) in [6, 6.07) is 19.4. The molecule has 3 atom stereocenters. The average Bonchev–Trinajstić information content (AvgIpc) is 2.84. The van der Waals surface area contributed by atoms with Crippen molar-refractivity contribution in [1.82, 2.24) is 10.2 Å². The van der Waals surface area contributed by atoms with Crippen LogP contribution in [0.4, 0.5) is 13.6 Å². The van der Waals surface area contributed by atoms with Crippen molar-refractivity contribution >= 4 is 6.03 Å². The van der Waals surface area contributed by atoms with Crippen molar-refractivity contribution in [2.45, 2.75) is 37.5 Å². The van der Waals surface area contributed by atoms with Crippen LogP contribution >= 0.6 is 0 Å². The fraction of sp³-hybridized carbons (Fsp3) is 0.296. The minimum atomic E-state index is -1.02. The van der Waals surface area contributed by atoms with Crippen molar-refractivity contribution in [3.8, 4) is 11.1 Å². The number of benzene rings is 3. The van der Waals surface area contributed by atoms with Crippen LogP contribution < -0.4 is 5.32 Å². The van der Waals surface area contributed by atoms with E-state index in [9.17, 15) is 23.8 Å². The molecule has 178 valence electrons. The number of halogens is 2. The molecule has 1 heterocycles. The smallest absolute Gasteiger partial charge is 0.318 e. The van der Waals surface area contributed by atoms with Gasteiger partial charge in [-0.25, -0.2) is 13.6 Å². The van der Waals surface area contributed by atoms with Crippen LogP contribution in [0.2, 0.25) is 0 Å². The van der Waals surface area contributed by atoms with Crippen molar-refractivity contribution in [3.05, 3.63) is 95.6 Å². The number of aliphatic hydroxyl groups excluding tert-OH is 2. The number of amides is 2. The zero-order valence-electron chi connectivity index (χ0n) is 18.9. The molecule has 1 saturated heterocycles. The Morgan fingerprint density at radius 3 is 2.00 bits per heavy atom. The molecule has 34 heavy (non-hydrogen) atoms. The molecular weight excluding hydrogens is 438 g/mol. The Bertz CT molecular complexity index is 1120. The lowest BCUT2D eigenvalue weighted by molar-refractivity contribution is 0.0441. The highest BCUT2D eigenvalue weighted by atomic mass is 19.1. The summed E-state index contributed by atoms with van der Waals surface area (Å²) in [5, 5.41) is 22.6. The van der Waals surface area contributed by atoms with Crippen LogP contribution in [0.3, 0.4) is 0 Å². The summed E-state index contributed by atoms with van der Waals surface area (Å²) in [6.07, 6.45) is -0.414. The predicted molar refractivity (Wildman–Crippen MR) is 126 cm³/mol. The summed E-state index contributed by atoms with van der Waals surface area (Å²) >= 11 is 0. The van der Waals surface area contributed by atoms with E-state index < -0.39 is 18.2 Å². The average molecular weight is 467 g/mol. The third-order valence-corrected chi connectivity index (χ3v) is 6.62. The lowest BCUT2D eigenvalue weighted by atomic mass is 9.80. The van der Waals surface area contributed by atoms with Gasteiger partial charge in [-0.1, -0.05) is 48.5 Å². The molecule has 3 aromatic carbocycles. The molecule has 7 heteroatoms. The lowest BCUT2D eigenvalue weighted by Gasteiger charge is -2.45. The van der Waals surface area contributed by atoms with Gasteiger partial charge in [-0.05, 0) is 59.9 Å². The maximum atomic E-state index is 13.5. The minimum absolute atomic E-state index is 0.120. The van der Waals surface area contributed by atoms with E-state index in [0.717, 1.165) is 16.7 Å². The molecule has 0 spiro atoms. The Balaban J connectivity index is 1.52. The van der Waals surface area contributed by atoms with Crippen molar-refractivity contribution in [2.24, 2.45) is 0 Å². The van der Waals surface area contributed by atoms with E-state index in [-0.39, 0.29) is 30.1 Å². The highest BCUT2D eigenvalue weighted by Crippen LogP contribution is 2.36. The molecule has 0 aromatic heterocycles. The quantitative estimate of drug-likeness (QED) is 0.471. The number of rotatable bonds is 7. The predicted octanol–water partition coefficient (Wildman–Crippen LogP) is 4.75. The third-order valence-electron chi connectivity index (χ3n) is 6.62. The lowest BCUT2D eigenvalue weighted by Crippen LogP contribution is -2.59. The molecule has 0 saturated carbocycles. The topological polar surface area (TPSA) is 72.8 Å². The molecule has 1 fully saturated rings. The molecular formula is C27H28F2N2O3. The van der Waals surface area contributed by atoms with Gasteiger partial charge in [0.2, 0.25) is 0 Å². The maximum absolute atomic E-state index is 13.5. The fourth-order valence-electron chi connectivity index (χ4n) is 4.62. The van der Waals surface area contributed by atoms with Gasteiger partial charge < -0.3 is 20.4 Å². The molecule has 0 bridgehead atoms. The molecule has 3 aromatic rings.